The topological polar surface area (TPSA) is 145 Å². The van der Waals surface area contributed by atoms with Crippen LogP contribution in [0.3, 0.4) is 0 Å². The smallest absolute Gasteiger partial charge is 0.338 e. The van der Waals surface area contributed by atoms with Gasteiger partial charge in [0.2, 0.25) is 10.0 Å². The number of rotatable bonds is 10. The Hall–Kier alpha value is -2.28. The quantitative estimate of drug-likeness (QED) is 0.235. The van der Waals surface area contributed by atoms with Crippen molar-refractivity contribution in [3.8, 4) is 0 Å². The molecule has 0 amide bonds. The lowest BCUT2D eigenvalue weighted by atomic mass is 10.2. The van der Waals surface area contributed by atoms with Gasteiger partial charge in [-0.25, -0.2) is 18.4 Å². The Kier molecular flexibility index (Phi) is 8.11. The molecule has 1 aromatic rings. The van der Waals surface area contributed by atoms with Crippen LogP contribution in [0.5, 0.6) is 0 Å². The van der Waals surface area contributed by atoms with E-state index in [2.05, 4.69) is 14.6 Å². The van der Waals surface area contributed by atoms with E-state index in [1.54, 1.807) is 0 Å². The number of carbonyl (C=O) groups is 1. The Bertz CT molecular complexity index is 762. The number of piperazine rings is 1. The number of primary sulfonamides is 1. The second kappa shape index (κ2) is 10.3. The molecule has 2 rings (SSSR count). The van der Waals surface area contributed by atoms with E-state index in [9.17, 15) is 23.3 Å². The number of ether oxygens (including phenoxy) is 1. The van der Waals surface area contributed by atoms with Gasteiger partial charge < -0.3 is 14.5 Å². The molecule has 0 aromatic heterocycles. The Balaban J connectivity index is 1.63. The molecule has 1 heterocycles. The lowest BCUT2D eigenvalue weighted by Crippen LogP contribution is -2.47. The fourth-order valence-corrected chi connectivity index (χ4v) is 3.31. The lowest BCUT2D eigenvalue weighted by Gasteiger charge is -2.34. The van der Waals surface area contributed by atoms with E-state index >= 15 is 0 Å². The molecule has 2 N–H and O–H groups in total. The Morgan fingerprint density at radius 1 is 1.07 bits per heavy atom. The molecule has 0 atom stereocenters. The van der Waals surface area contributed by atoms with E-state index in [1.165, 1.54) is 24.3 Å². The average Bonchev–Trinajstić information content (AvgIpc) is 2.65. The number of nitrogens with two attached hydrogens (primary N) is 1. The van der Waals surface area contributed by atoms with Crippen LogP contribution in [0.1, 0.15) is 16.8 Å². The summed E-state index contributed by atoms with van der Waals surface area (Å²) in [7, 11) is -3.79. The normalized spacial score (nSPS) is 15.9. The van der Waals surface area contributed by atoms with Crippen molar-refractivity contribution in [1.82, 2.24) is 9.80 Å². The largest absolute Gasteiger partial charge is 0.461 e. The van der Waals surface area contributed by atoms with Crippen LogP contribution in [-0.4, -0.2) is 81.8 Å². The minimum absolute atomic E-state index is 0.0631. The third-order valence-electron chi connectivity index (χ3n) is 4.34. The number of hydrogen-bond donors (Lipinski definition) is 1. The second-order valence-corrected chi connectivity index (χ2v) is 7.86. The van der Waals surface area contributed by atoms with Crippen LogP contribution in [0.25, 0.3) is 0 Å². The molecule has 11 nitrogen and oxygen atoms in total. The zero-order chi connectivity index (χ0) is 20.6. The summed E-state index contributed by atoms with van der Waals surface area (Å²) in [5.74, 6) is -0.523. The van der Waals surface area contributed by atoms with Gasteiger partial charge in [-0.15, -0.1) is 10.1 Å². The maximum Gasteiger partial charge on any atom is 0.338 e. The Labute approximate surface area is 163 Å². The summed E-state index contributed by atoms with van der Waals surface area (Å²) in [4.78, 5) is 30.7. The standard InChI is InChI=1S/C16H24N4O7S/c17-28(24,25)15-4-2-14(3-5-15)16(21)26-13-11-19-9-7-18(8-10-19)6-1-12-27-20(22)23/h2-5H,1,6-13H2,(H2,17,24,25). The number of esters is 1. The van der Waals surface area contributed by atoms with E-state index < -0.39 is 21.1 Å². The van der Waals surface area contributed by atoms with E-state index in [-0.39, 0.29) is 23.7 Å². The first-order valence-corrected chi connectivity index (χ1v) is 10.3. The van der Waals surface area contributed by atoms with Gasteiger partial charge in [-0.05, 0) is 30.7 Å². The Morgan fingerprint density at radius 3 is 2.18 bits per heavy atom. The molecular weight excluding hydrogens is 392 g/mol. The van der Waals surface area contributed by atoms with Gasteiger partial charge in [0.1, 0.15) is 6.61 Å². The highest BCUT2D eigenvalue weighted by molar-refractivity contribution is 7.89. The predicted octanol–water partition coefficient (Wildman–Crippen LogP) is -0.293. The second-order valence-electron chi connectivity index (χ2n) is 6.30. The molecule has 156 valence electrons. The molecule has 28 heavy (non-hydrogen) atoms. The van der Waals surface area contributed by atoms with Gasteiger partial charge in [-0.1, -0.05) is 0 Å². The van der Waals surface area contributed by atoms with Gasteiger partial charge in [0.15, 0.2) is 0 Å². The zero-order valence-corrected chi connectivity index (χ0v) is 16.2. The van der Waals surface area contributed by atoms with Crippen molar-refractivity contribution < 1.29 is 27.9 Å². The highest BCUT2D eigenvalue weighted by atomic mass is 32.2. The lowest BCUT2D eigenvalue weighted by molar-refractivity contribution is -0.757. The third kappa shape index (κ3) is 7.38. The monoisotopic (exact) mass is 416 g/mol. The van der Waals surface area contributed by atoms with Crippen LogP contribution < -0.4 is 5.14 Å². The molecule has 0 unspecified atom stereocenters. The van der Waals surface area contributed by atoms with Gasteiger partial charge >= 0.3 is 5.97 Å². The van der Waals surface area contributed by atoms with Crippen molar-refractivity contribution in [2.75, 3.05) is 52.5 Å². The van der Waals surface area contributed by atoms with Crippen molar-refractivity contribution in [1.29, 1.82) is 0 Å². The third-order valence-corrected chi connectivity index (χ3v) is 5.27. The van der Waals surface area contributed by atoms with Crippen LogP contribution in [-0.2, 0) is 19.6 Å². The molecule has 0 spiro atoms. The molecule has 0 bridgehead atoms. The summed E-state index contributed by atoms with van der Waals surface area (Å²) in [6, 6.07) is 5.26. The summed E-state index contributed by atoms with van der Waals surface area (Å²) in [6.45, 7) is 4.97. The van der Waals surface area contributed by atoms with Crippen LogP contribution >= 0.6 is 0 Å². The van der Waals surface area contributed by atoms with Crippen LogP contribution in [0.15, 0.2) is 29.2 Å². The van der Waals surface area contributed by atoms with E-state index in [0.29, 0.717) is 13.0 Å². The first kappa shape index (κ1) is 22.0. The molecule has 1 aliphatic heterocycles. The zero-order valence-electron chi connectivity index (χ0n) is 15.4. The summed E-state index contributed by atoms with van der Waals surface area (Å²) < 4.78 is 27.6. The van der Waals surface area contributed by atoms with E-state index in [1.807, 2.05) is 0 Å². The van der Waals surface area contributed by atoms with Crippen molar-refractivity contribution in [2.24, 2.45) is 5.14 Å². The Morgan fingerprint density at radius 2 is 1.64 bits per heavy atom. The van der Waals surface area contributed by atoms with Gasteiger partial charge in [0, 0.05) is 39.3 Å². The van der Waals surface area contributed by atoms with Crippen molar-refractivity contribution >= 4 is 16.0 Å². The summed E-state index contributed by atoms with van der Waals surface area (Å²) >= 11 is 0. The van der Waals surface area contributed by atoms with Gasteiger partial charge in [0.25, 0.3) is 5.09 Å². The highest BCUT2D eigenvalue weighted by Gasteiger charge is 2.17. The number of hydrogen-bond acceptors (Lipinski definition) is 9. The molecule has 0 radical (unpaired) electrons. The average molecular weight is 416 g/mol. The molecule has 0 saturated carbocycles. The van der Waals surface area contributed by atoms with Crippen LogP contribution in [0.2, 0.25) is 0 Å². The van der Waals surface area contributed by atoms with Gasteiger partial charge in [-0.3, -0.25) is 4.90 Å². The molecule has 1 aliphatic rings. The highest BCUT2D eigenvalue weighted by Crippen LogP contribution is 2.10. The molecule has 1 saturated heterocycles. The first-order chi connectivity index (χ1) is 13.3. The summed E-state index contributed by atoms with van der Waals surface area (Å²) in [5, 5.41) is 14.3. The number of benzene rings is 1. The number of nitrogens with zero attached hydrogens (tertiary/aromatic N) is 3. The molecule has 1 fully saturated rings. The maximum atomic E-state index is 12.0. The van der Waals surface area contributed by atoms with Crippen molar-refractivity contribution in [3.05, 3.63) is 39.9 Å². The summed E-state index contributed by atoms with van der Waals surface area (Å²) in [5.41, 5.74) is 0.258. The fourth-order valence-electron chi connectivity index (χ4n) is 2.80. The molecule has 1 aromatic carbocycles. The van der Waals surface area contributed by atoms with E-state index in [0.717, 1.165) is 32.7 Å². The van der Waals surface area contributed by atoms with Crippen molar-refractivity contribution in [3.63, 3.8) is 0 Å². The fraction of sp³-hybridized carbons (Fsp3) is 0.562. The number of carbonyl (C=O) groups excluding carboxylic acids is 1. The van der Waals surface area contributed by atoms with Crippen LogP contribution in [0.4, 0.5) is 0 Å². The van der Waals surface area contributed by atoms with E-state index in [4.69, 9.17) is 9.88 Å². The first-order valence-electron chi connectivity index (χ1n) is 8.78. The van der Waals surface area contributed by atoms with Crippen molar-refractivity contribution in [2.45, 2.75) is 11.3 Å². The SMILES string of the molecule is NS(=O)(=O)c1ccc(C(=O)OCCN2CCN(CCCO[N+](=O)[O-])CC2)cc1. The van der Waals surface area contributed by atoms with Gasteiger partial charge in [0.05, 0.1) is 17.1 Å². The minimum atomic E-state index is -3.79. The van der Waals surface area contributed by atoms with Crippen LogP contribution in [0, 0.1) is 10.1 Å². The molecule has 0 aliphatic carbocycles. The minimum Gasteiger partial charge on any atom is -0.461 e. The summed E-state index contributed by atoms with van der Waals surface area (Å²) in [6.07, 6.45) is 0.600. The maximum absolute atomic E-state index is 12.0. The predicted molar refractivity (Wildman–Crippen MR) is 98.5 cm³/mol. The molecule has 12 heteroatoms. The molecular formula is C16H24N4O7S. The number of sulfonamides is 1. The van der Waals surface area contributed by atoms with Gasteiger partial charge in [-0.2, -0.15) is 0 Å².